The van der Waals surface area contributed by atoms with Crippen molar-refractivity contribution in [2.24, 2.45) is 0 Å². The second kappa shape index (κ2) is 5.48. The zero-order valence-corrected chi connectivity index (χ0v) is 10.8. The first-order valence-electron chi connectivity index (χ1n) is 5.91. The molecule has 2 aromatic rings. The fourth-order valence-corrected chi connectivity index (χ4v) is 1.75. The maximum atomic E-state index is 11.1. The van der Waals surface area contributed by atoms with Crippen molar-refractivity contribution in [2.45, 2.75) is 20.4 Å². The zero-order valence-electron chi connectivity index (χ0n) is 10.8. The summed E-state index contributed by atoms with van der Waals surface area (Å²) in [4.78, 5) is 19.2. The first-order valence-corrected chi connectivity index (χ1v) is 5.91. The van der Waals surface area contributed by atoms with E-state index in [2.05, 4.69) is 15.3 Å². The zero-order chi connectivity index (χ0) is 13.8. The summed E-state index contributed by atoms with van der Waals surface area (Å²) in [5.41, 5.74) is 3.67. The number of nitrogens with one attached hydrogen (secondary N) is 1. The Morgan fingerprint density at radius 2 is 2.16 bits per heavy atom. The van der Waals surface area contributed by atoms with Crippen molar-refractivity contribution in [1.82, 2.24) is 9.97 Å². The van der Waals surface area contributed by atoms with Crippen molar-refractivity contribution < 1.29 is 9.90 Å². The van der Waals surface area contributed by atoms with Gasteiger partial charge in [0.1, 0.15) is 5.56 Å². The third-order valence-electron chi connectivity index (χ3n) is 2.89. The standard InChI is InChI=1S/C14H15N3O2/c1-9-3-4-15-6-11(9)7-17-13-5-10(2)16-8-12(13)14(18)19/h3-6,8H,7H2,1-2H3,(H,16,17)(H,18,19). The molecule has 5 nitrogen and oxygen atoms in total. The molecule has 0 radical (unpaired) electrons. The molecule has 0 amide bonds. The largest absolute Gasteiger partial charge is 0.478 e. The summed E-state index contributed by atoms with van der Waals surface area (Å²) in [7, 11) is 0. The van der Waals surface area contributed by atoms with Crippen molar-refractivity contribution in [3.8, 4) is 0 Å². The molecule has 0 aliphatic rings. The van der Waals surface area contributed by atoms with Crippen LogP contribution in [-0.4, -0.2) is 21.0 Å². The van der Waals surface area contributed by atoms with Crippen molar-refractivity contribution >= 4 is 11.7 Å². The molecular formula is C14H15N3O2. The Balaban J connectivity index is 2.22. The topological polar surface area (TPSA) is 75.1 Å². The Bertz CT molecular complexity index is 611. The van der Waals surface area contributed by atoms with E-state index in [1.807, 2.05) is 19.9 Å². The van der Waals surface area contributed by atoms with E-state index in [4.69, 9.17) is 5.11 Å². The van der Waals surface area contributed by atoms with E-state index in [9.17, 15) is 4.79 Å². The Morgan fingerprint density at radius 3 is 2.84 bits per heavy atom. The van der Waals surface area contributed by atoms with E-state index in [1.165, 1.54) is 6.20 Å². The molecule has 2 aromatic heterocycles. The highest BCUT2D eigenvalue weighted by Crippen LogP contribution is 2.17. The van der Waals surface area contributed by atoms with E-state index < -0.39 is 5.97 Å². The molecule has 0 saturated heterocycles. The fourth-order valence-electron chi connectivity index (χ4n) is 1.75. The summed E-state index contributed by atoms with van der Waals surface area (Å²) < 4.78 is 0. The summed E-state index contributed by atoms with van der Waals surface area (Å²) >= 11 is 0. The van der Waals surface area contributed by atoms with Gasteiger partial charge in [-0.1, -0.05) is 0 Å². The predicted octanol–water partition coefficient (Wildman–Crippen LogP) is 2.40. The van der Waals surface area contributed by atoms with Crippen LogP contribution >= 0.6 is 0 Å². The van der Waals surface area contributed by atoms with Gasteiger partial charge in [-0.15, -0.1) is 0 Å². The van der Waals surface area contributed by atoms with Crippen LogP contribution in [0.1, 0.15) is 27.2 Å². The number of hydrogen-bond donors (Lipinski definition) is 2. The molecule has 98 valence electrons. The van der Waals surface area contributed by atoms with Crippen LogP contribution in [0.4, 0.5) is 5.69 Å². The summed E-state index contributed by atoms with van der Waals surface area (Å²) in [6, 6.07) is 3.65. The number of pyridine rings is 2. The molecule has 0 atom stereocenters. The van der Waals surface area contributed by atoms with Crippen LogP contribution in [0, 0.1) is 13.8 Å². The normalized spacial score (nSPS) is 10.2. The SMILES string of the molecule is Cc1cc(NCc2cnccc2C)c(C(=O)O)cn1. The number of carboxylic acids is 1. The van der Waals surface area contributed by atoms with Crippen LogP contribution in [0.3, 0.4) is 0 Å². The average Bonchev–Trinajstić information content (AvgIpc) is 2.37. The third-order valence-corrected chi connectivity index (χ3v) is 2.89. The number of hydrogen-bond acceptors (Lipinski definition) is 4. The molecule has 0 aliphatic carbocycles. The molecule has 0 fully saturated rings. The summed E-state index contributed by atoms with van der Waals surface area (Å²) in [5, 5.41) is 12.2. The second-order valence-corrected chi connectivity index (χ2v) is 4.33. The lowest BCUT2D eigenvalue weighted by Crippen LogP contribution is -2.08. The van der Waals surface area contributed by atoms with Gasteiger partial charge < -0.3 is 10.4 Å². The van der Waals surface area contributed by atoms with E-state index in [0.29, 0.717) is 12.2 Å². The van der Waals surface area contributed by atoms with Gasteiger partial charge in [0.15, 0.2) is 0 Å². The Kier molecular flexibility index (Phi) is 3.75. The highest BCUT2D eigenvalue weighted by Gasteiger charge is 2.11. The first kappa shape index (κ1) is 13.0. The van der Waals surface area contributed by atoms with Crippen molar-refractivity contribution in [3.05, 3.63) is 53.1 Å². The first-order chi connectivity index (χ1) is 9.08. The fraction of sp³-hybridized carbons (Fsp3) is 0.214. The van der Waals surface area contributed by atoms with Crippen molar-refractivity contribution in [1.29, 1.82) is 0 Å². The molecular weight excluding hydrogens is 242 g/mol. The summed E-state index contributed by atoms with van der Waals surface area (Å²) in [6.45, 7) is 4.35. The molecule has 2 heterocycles. The van der Waals surface area contributed by atoms with Gasteiger partial charge in [0.05, 0.1) is 5.69 Å². The maximum absolute atomic E-state index is 11.1. The molecule has 0 saturated carbocycles. The maximum Gasteiger partial charge on any atom is 0.339 e. The Labute approximate surface area is 111 Å². The molecule has 0 unspecified atom stereocenters. The highest BCUT2D eigenvalue weighted by atomic mass is 16.4. The van der Waals surface area contributed by atoms with Crippen LogP contribution in [0.15, 0.2) is 30.7 Å². The number of aromatic carboxylic acids is 1. The molecule has 0 spiro atoms. The molecule has 2 rings (SSSR count). The lowest BCUT2D eigenvalue weighted by atomic mass is 10.1. The van der Waals surface area contributed by atoms with Crippen LogP contribution in [0.5, 0.6) is 0 Å². The van der Waals surface area contributed by atoms with Gasteiger partial charge in [-0.2, -0.15) is 0 Å². The van der Waals surface area contributed by atoms with Crippen molar-refractivity contribution in [3.63, 3.8) is 0 Å². The number of carbonyl (C=O) groups is 1. The third kappa shape index (κ3) is 3.07. The number of nitrogens with zero attached hydrogens (tertiary/aromatic N) is 2. The van der Waals surface area contributed by atoms with Gasteiger partial charge >= 0.3 is 5.97 Å². The number of carboxylic acid groups (broad SMARTS) is 1. The smallest absolute Gasteiger partial charge is 0.339 e. The average molecular weight is 257 g/mol. The molecule has 0 aliphatic heterocycles. The van der Waals surface area contributed by atoms with Crippen LogP contribution < -0.4 is 5.32 Å². The van der Waals surface area contributed by atoms with E-state index in [1.54, 1.807) is 18.5 Å². The van der Waals surface area contributed by atoms with Gasteiger partial charge in [0, 0.05) is 30.8 Å². The minimum absolute atomic E-state index is 0.173. The number of anilines is 1. The molecule has 0 aromatic carbocycles. The molecule has 5 heteroatoms. The van der Waals surface area contributed by atoms with Crippen molar-refractivity contribution in [2.75, 3.05) is 5.32 Å². The number of rotatable bonds is 4. The lowest BCUT2D eigenvalue weighted by Gasteiger charge is -2.11. The summed E-state index contributed by atoms with van der Waals surface area (Å²) in [6.07, 6.45) is 4.88. The summed E-state index contributed by atoms with van der Waals surface area (Å²) in [5.74, 6) is -0.988. The molecule has 2 N–H and O–H groups in total. The van der Waals surface area contributed by atoms with E-state index in [-0.39, 0.29) is 5.56 Å². The Morgan fingerprint density at radius 1 is 1.37 bits per heavy atom. The van der Waals surface area contributed by atoms with Gasteiger partial charge in [-0.05, 0) is 37.1 Å². The van der Waals surface area contributed by atoms with Crippen LogP contribution in [0.2, 0.25) is 0 Å². The highest BCUT2D eigenvalue weighted by molar-refractivity contribution is 5.93. The van der Waals surface area contributed by atoms with E-state index in [0.717, 1.165) is 16.8 Å². The number of aryl methyl sites for hydroxylation is 2. The van der Waals surface area contributed by atoms with Gasteiger partial charge in [-0.3, -0.25) is 9.97 Å². The minimum Gasteiger partial charge on any atom is -0.478 e. The molecule has 19 heavy (non-hydrogen) atoms. The predicted molar refractivity (Wildman–Crippen MR) is 72.2 cm³/mol. The molecule has 0 bridgehead atoms. The van der Waals surface area contributed by atoms with Crippen LogP contribution in [0.25, 0.3) is 0 Å². The monoisotopic (exact) mass is 257 g/mol. The lowest BCUT2D eigenvalue weighted by molar-refractivity contribution is 0.0697. The quantitative estimate of drug-likeness (QED) is 0.879. The van der Waals surface area contributed by atoms with Gasteiger partial charge in [0.25, 0.3) is 0 Å². The Hall–Kier alpha value is -2.43. The van der Waals surface area contributed by atoms with Gasteiger partial charge in [-0.25, -0.2) is 4.79 Å². The van der Waals surface area contributed by atoms with Gasteiger partial charge in [0.2, 0.25) is 0 Å². The second-order valence-electron chi connectivity index (χ2n) is 4.33. The number of aromatic nitrogens is 2. The minimum atomic E-state index is -0.988. The van der Waals surface area contributed by atoms with E-state index >= 15 is 0 Å². The van der Waals surface area contributed by atoms with Crippen LogP contribution in [-0.2, 0) is 6.54 Å².